The molecule has 1 aliphatic rings. The summed E-state index contributed by atoms with van der Waals surface area (Å²) < 4.78 is 24.8. The molecular formula is C22H30ClNO3S. The van der Waals surface area contributed by atoms with Crippen LogP contribution in [0.2, 0.25) is 0 Å². The van der Waals surface area contributed by atoms with Crippen LogP contribution in [0.5, 0.6) is 0 Å². The highest BCUT2D eigenvalue weighted by Gasteiger charge is 2.39. The van der Waals surface area contributed by atoms with E-state index in [0.717, 1.165) is 11.1 Å². The predicted molar refractivity (Wildman–Crippen MR) is 117 cm³/mol. The van der Waals surface area contributed by atoms with Crippen LogP contribution < -0.4 is 5.32 Å². The molecule has 6 heteroatoms. The van der Waals surface area contributed by atoms with Gasteiger partial charge in [0.2, 0.25) is 0 Å². The van der Waals surface area contributed by atoms with Crippen molar-refractivity contribution in [2.45, 2.75) is 44.9 Å². The molecule has 0 amide bonds. The van der Waals surface area contributed by atoms with Crippen molar-refractivity contribution in [1.29, 1.82) is 0 Å². The molecule has 1 heterocycles. The Kier molecular flexibility index (Phi) is 8.07. The minimum absolute atomic E-state index is 0. The average molecular weight is 424 g/mol. The van der Waals surface area contributed by atoms with Crippen molar-refractivity contribution < 1.29 is 13.5 Å². The van der Waals surface area contributed by atoms with E-state index < -0.39 is 22.0 Å². The van der Waals surface area contributed by atoms with Crippen molar-refractivity contribution in [3.05, 3.63) is 71.3 Å². The van der Waals surface area contributed by atoms with Crippen molar-refractivity contribution in [2.24, 2.45) is 5.92 Å². The number of benzene rings is 2. The van der Waals surface area contributed by atoms with Crippen molar-refractivity contribution in [3.8, 4) is 0 Å². The fraction of sp³-hybridized carbons (Fsp3) is 0.455. The minimum atomic E-state index is -3.18. The van der Waals surface area contributed by atoms with Gasteiger partial charge in [0.1, 0.15) is 0 Å². The highest BCUT2D eigenvalue weighted by Crippen LogP contribution is 2.24. The molecule has 0 unspecified atom stereocenters. The molecule has 0 saturated carbocycles. The van der Waals surface area contributed by atoms with Gasteiger partial charge in [-0.25, -0.2) is 8.42 Å². The number of nitrogens with one attached hydrogen (secondary N) is 1. The van der Waals surface area contributed by atoms with Crippen LogP contribution in [0.1, 0.15) is 36.5 Å². The number of hydrogen-bond donors (Lipinski definition) is 2. The van der Waals surface area contributed by atoms with Gasteiger partial charge in [-0.3, -0.25) is 0 Å². The van der Waals surface area contributed by atoms with Gasteiger partial charge in [0.25, 0.3) is 0 Å². The van der Waals surface area contributed by atoms with Crippen molar-refractivity contribution >= 4 is 22.2 Å². The lowest BCUT2D eigenvalue weighted by Crippen LogP contribution is -2.54. The van der Waals surface area contributed by atoms with Crippen LogP contribution in [0.3, 0.4) is 0 Å². The monoisotopic (exact) mass is 423 g/mol. The van der Waals surface area contributed by atoms with E-state index in [1.54, 1.807) is 0 Å². The Balaban J connectivity index is 0.00000280. The largest absolute Gasteiger partial charge is 0.391 e. The van der Waals surface area contributed by atoms with Crippen LogP contribution in [0.25, 0.3) is 0 Å². The highest BCUT2D eigenvalue weighted by atomic mass is 35.5. The van der Waals surface area contributed by atoms with E-state index in [9.17, 15) is 13.5 Å². The summed E-state index contributed by atoms with van der Waals surface area (Å²) in [5.74, 6) is 0.194. The van der Waals surface area contributed by atoms with Crippen molar-refractivity contribution in [1.82, 2.24) is 5.32 Å². The van der Waals surface area contributed by atoms with E-state index >= 15 is 0 Å². The lowest BCUT2D eigenvalue weighted by Gasteiger charge is -2.35. The average Bonchev–Trinajstić information content (AvgIpc) is 2.64. The standard InChI is InChI=1S/C22H29NO3S.ClH/c1-16(2)19-10-6-9-18(12-19)13-23-21-15-27(25,26)14-20(22(21)24)11-17-7-4-3-5-8-17;/h3-10,12,16,20-24H,11,13-15H2,1-2H3;1H/t20-,21+,22+;/m1./s1. The summed E-state index contributed by atoms with van der Waals surface area (Å²) in [6, 6.07) is 17.6. The van der Waals surface area contributed by atoms with Crippen LogP contribution in [0, 0.1) is 5.92 Å². The van der Waals surface area contributed by atoms with Gasteiger partial charge in [0.15, 0.2) is 9.84 Å². The fourth-order valence-electron chi connectivity index (χ4n) is 3.78. The Bertz CT molecular complexity index is 855. The normalized spacial score (nSPS) is 23.9. The van der Waals surface area contributed by atoms with Crippen LogP contribution in [0.15, 0.2) is 54.6 Å². The first-order chi connectivity index (χ1) is 12.8. The zero-order valence-corrected chi connectivity index (χ0v) is 18.0. The van der Waals surface area contributed by atoms with E-state index in [2.05, 4.69) is 31.3 Å². The molecular weight excluding hydrogens is 394 g/mol. The Hall–Kier alpha value is -1.40. The van der Waals surface area contributed by atoms with Crippen LogP contribution in [0.4, 0.5) is 0 Å². The summed E-state index contributed by atoms with van der Waals surface area (Å²) in [6.45, 7) is 4.85. The fourth-order valence-corrected chi connectivity index (χ4v) is 5.75. The number of sulfone groups is 1. The zero-order chi connectivity index (χ0) is 19.4. The van der Waals surface area contributed by atoms with Crippen LogP contribution in [-0.4, -0.2) is 37.2 Å². The number of halogens is 1. The summed E-state index contributed by atoms with van der Waals surface area (Å²) in [6.07, 6.45) is -0.107. The van der Waals surface area contributed by atoms with Gasteiger partial charge in [0.05, 0.1) is 17.6 Å². The first-order valence-corrected chi connectivity index (χ1v) is 11.4. The van der Waals surface area contributed by atoms with E-state index in [-0.39, 0.29) is 29.8 Å². The summed E-state index contributed by atoms with van der Waals surface area (Å²) in [5, 5.41) is 14.1. The molecule has 1 fully saturated rings. The third-order valence-corrected chi connectivity index (χ3v) is 7.13. The van der Waals surface area contributed by atoms with Crippen molar-refractivity contribution in [2.75, 3.05) is 11.5 Å². The maximum Gasteiger partial charge on any atom is 0.152 e. The lowest BCUT2D eigenvalue weighted by molar-refractivity contribution is 0.0781. The van der Waals surface area contributed by atoms with Crippen LogP contribution in [-0.2, 0) is 22.8 Å². The number of rotatable bonds is 6. The van der Waals surface area contributed by atoms with Gasteiger partial charge in [-0.05, 0) is 29.0 Å². The second kappa shape index (κ2) is 9.88. The maximum absolute atomic E-state index is 12.4. The zero-order valence-electron chi connectivity index (χ0n) is 16.4. The number of aliphatic hydroxyl groups excluding tert-OH is 1. The Morgan fingerprint density at radius 3 is 2.39 bits per heavy atom. The van der Waals surface area contributed by atoms with Gasteiger partial charge < -0.3 is 10.4 Å². The van der Waals surface area contributed by atoms with Gasteiger partial charge in [-0.1, -0.05) is 68.4 Å². The molecule has 0 bridgehead atoms. The molecule has 3 rings (SSSR count). The number of hydrogen-bond acceptors (Lipinski definition) is 4. The first kappa shape index (κ1) is 22.9. The Morgan fingerprint density at radius 1 is 1.04 bits per heavy atom. The molecule has 154 valence electrons. The second-order valence-electron chi connectivity index (χ2n) is 7.90. The number of aliphatic hydroxyl groups is 1. The lowest BCUT2D eigenvalue weighted by atomic mass is 9.91. The van der Waals surface area contributed by atoms with Crippen LogP contribution >= 0.6 is 12.4 Å². The molecule has 0 aliphatic carbocycles. The Labute approximate surface area is 174 Å². The van der Waals surface area contributed by atoms with E-state index in [4.69, 9.17) is 0 Å². The summed E-state index contributed by atoms with van der Waals surface area (Å²) >= 11 is 0. The molecule has 2 aromatic carbocycles. The topological polar surface area (TPSA) is 66.4 Å². The van der Waals surface area contributed by atoms with Gasteiger partial charge in [-0.15, -0.1) is 12.4 Å². The maximum atomic E-state index is 12.4. The predicted octanol–water partition coefficient (Wildman–Crippen LogP) is 3.34. The molecule has 0 aromatic heterocycles. The van der Waals surface area contributed by atoms with Gasteiger partial charge in [-0.2, -0.15) is 0 Å². The third kappa shape index (κ3) is 6.05. The summed E-state index contributed by atoms with van der Waals surface area (Å²) in [5.41, 5.74) is 3.42. The quantitative estimate of drug-likeness (QED) is 0.747. The smallest absolute Gasteiger partial charge is 0.152 e. The molecule has 3 atom stereocenters. The highest BCUT2D eigenvalue weighted by molar-refractivity contribution is 7.91. The molecule has 0 radical (unpaired) electrons. The van der Waals surface area contributed by atoms with Crippen molar-refractivity contribution in [3.63, 3.8) is 0 Å². The molecule has 28 heavy (non-hydrogen) atoms. The Morgan fingerprint density at radius 2 is 1.71 bits per heavy atom. The minimum Gasteiger partial charge on any atom is -0.391 e. The SMILES string of the molecule is CC(C)c1cccc(CN[C@H]2CS(=O)(=O)C[C@@H](Cc3ccccc3)[C@@H]2O)c1.Cl. The third-order valence-electron chi connectivity index (χ3n) is 5.32. The second-order valence-corrected chi connectivity index (χ2v) is 10.1. The molecule has 1 saturated heterocycles. The van der Waals surface area contributed by atoms with E-state index in [1.807, 2.05) is 42.5 Å². The molecule has 4 nitrogen and oxygen atoms in total. The summed E-state index contributed by atoms with van der Waals surface area (Å²) in [4.78, 5) is 0. The van der Waals surface area contributed by atoms with Gasteiger partial charge >= 0.3 is 0 Å². The van der Waals surface area contributed by atoms with E-state index in [1.165, 1.54) is 5.56 Å². The molecule has 1 aliphatic heterocycles. The van der Waals surface area contributed by atoms with Gasteiger partial charge in [0, 0.05) is 18.5 Å². The molecule has 0 spiro atoms. The van der Waals surface area contributed by atoms with E-state index in [0.29, 0.717) is 18.9 Å². The first-order valence-electron chi connectivity index (χ1n) is 9.59. The molecule has 2 aromatic rings. The molecule has 2 N–H and O–H groups in total. The summed E-state index contributed by atoms with van der Waals surface area (Å²) in [7, 11) is -3.18.